The highest BCUT2D eigenvalue weighted by atomic mass is 35.5. The maximum absolute atomic E-state index is 12.2. The second kappa shape index (κ2) is 7.59. The van der Waals surface area contributed by atoms with Crippen LogP contribution in [0, 0.1) is 13.8 Å². The predicted molar refractivity (Wildman–Crippen MR) is 103 cm³/mol. The predicted octanol–water partition coefficient (Wildman–Crippen LogP) is 4.57. The molecule has 0 bridgehead atoms. The lowest BCUT2D eigenvalue weighted by Crippen LogP contribution is -2.11. The molecule has 1 N–H and O–H groups in total. The Bertz CT molecular complexity index is 903. The van der Waals surface area contributed by atoms with Crippen LogP contribution < -0.4 is 10.3 Å². The lowest BCUT2D eigenvalue weighted by atomic mass is 10.2. The Morgan fingerprint density at radius 1 is 1.29 bits per heavy atom. The maximum atomic E-state index is 12.2. The van der Waals surface area contributed by atoms with Crippen molar-refractivity contribution in [3.63, 3.8) is 0 Å². The molecule has 0 amide bonds. The molecule has 0 saturated carbocycles. The van der Waals surface area contributed by atoms with Gasteiger partial charge in [-0.15, -0.1) is 11.3 Å². The third-order valence-electron chi connectivity index (χ3n) is 3.64. The lowest BCUT2D eigenvalue weighted by molar-refractivity contribution is 0.344. The number of aromatic amines is 1. The van der Waals surface area contributed by atoms with Crippen molar-refractivity contribution in [3.8, 4) is 5.75 Å². The minimum Gasteiger partial charge on any atom is -0.493 e. The van der Waals surface area contributed by atoms with Crippen molar-refractivity contribution in [2.45, 2.75) is 19.6 Å². The van der Waals surface area contributed by atoms with Crippen LogP contribution in [-0.2, 0) is 5.75 Å². The van der Waals surface area contributed by atoms with Gasteiger partial charge in [-0.05, 0) is 43.7 Å². The zero-order valence-corrected chi connectivity index (χ0v) is 15.8. The molecule has 0 aliphatic heterocycles. The summed E-state index contributed by atoms with van der Waals surface area (Å²) in [7, 11) is 0. The summed E-state index contributed by atoms with van der Waals surface area (Å²) in [5.41, 5.74) is 0.981. The summed E-state index contributed by atoms with van der Waals surface area (Å²) in [5, 5.41) is 1.42. The highest BCUT2D eigenvalue weighted by molar-refractivity contribution is 7.98. The van der Waals surface area contributed by atoms with Crippen molar-refractivity contribution in [1.29, 1.82) is 0 Å². The van der Waals surface area contributed by atoms with E-state index in [0.717, 1.165) is 32.2 Å². The first-order valence-electron chi connectivity index (χ1n) is 7.49. The molecule has 0 unspecified atom stereocenters. The molecule has 0 aliphatic rings. The Morgan fingerprint density at radius 2 is 2.04 bits per heavy atom. The standard InChI is InChI=1S/C17H17ClN2O2S2/c1-10-11(2)24-17-15(10)16(21)19-14(20-17)9-23-8-7-22-13-5-3-12(18)4-6-13/h3-6H,7-9H2,1-2H3,(H,19,20,21). The molecular formula is C17H17ClN2O2S2. The fourth-order valence-corrected chi connectivity index (χ4v) is 4.14. The number of hydrogen-bond donors (Lipinski definition) is 1. The van der Waals surface area contributed by atoms with Crippen molar-refractivity contribution < 1.29 is 4.74 Å². The van der Waals surface area contributed by atoms with Crippen molar-refractivity contribution in [3.05, 3.63) is 55.9 Å². The van der Waals surface area contributed by atoms with Crippen LogP contribution in [0.2, 0.25) is 5.02 Å². The number of ether oxygens (including phenoxy) is 1. The maximum Gasteiger partial charge on any atom is 0.259 e. The quantitative estimate of drug-likeness (QED) is 0.636. The van der Waals surface area contributed by atoms with E-state index in [1.165, 1.54) is 0 Å². The number of aryl methyl sites for hydroxylation is 2. The minimum absolute atomic E-state index is 0.0464. The van der Waals surface area contributed by atoms with E-state index in [1.807, 2.05) is 26.0 Å². The molecule has 4 nitrogen and oxygen atoms in total. The van der Waals surface area contributed by atoms with E-state index in [-0.39, 0.29) is 5.56 Å². The van der Waals surface area contributed by atoms with Gasteiger partial charge in [0.1, 0.15) is 16.4 Å². The molecule has 7 heteroatoms. The van der Waals surface area contributed by atoms with Gasteiger partial charge in [0.25, 0.3) is 5.56 Å². The van der Waals surface area contributed by atoms with E-state index >= 15 is 0 Å². The van der Waals surface area contributed by atoms with Gasteiger partial charge in [-0.25, -0.2) is 4.98 Å². The largest absolute Gasteiger partial charge is 0.493 e. The second-order valence-corrected chi connectivity index (χ2v) is 8.08. The van der Waals surface area contributed by atoms with Crippen molar-refractivity contribution in [2.75, 3.05) is 12.4 Å². The highest BCUT2D eigenvalue weighted by Crippen LogP contribution is 2.26. The average Bonchev–Trinajstić information content (AvgIpc) is 2.84. The van der Waals surface area contributed by atoms with Gasteiger partial charge in [0.15, 0.2) is 0 Å². The molecule has 126 valence electrons. The summed E-state index contributed by atoms with van der Waals surface area (Å²) in [6.07, 6.45) is 0. The van der Waals surface area contributed by atoms with Crippen LogP contribution in [0.5, 0.6) is 5.75 Å². The van der Waals surface area contributed by atoms with Crippen molar-refractivity contribution in [2.24, 2.45) is 0 Å². The van der Waals surface area contributed by atoms with Crippen LogP contribution in [0.25, 0.3) is 10.2 Å². The number of benzene rings is 1. The van der Waals surface area contributed by atoms with Crippen molar-refractivity contribution in [1.82, 2.24) is 9.97 Å². The number of aromatic nitrogens is 2. The number of thiophene rings is 1. The zero-order valence-electron chi connectivity index (χ0n) is 13.4. The Labute approximate surface area is 153 Å². The molecule has 2 heterocycles. The van der Waals surface area contributed by atoms with E-state index in [0.29, 0.717) is 23.2 Å². The molecule has 0 radical (unpaired) electrons. The number of rotatable bonds is 6. The SMILES string of the molecule is Cc1sc2nc(CSCCOc3ccc(Cl)cc3)[nH]c(=O)c2c1C. The Balaban J connectivity index is 1.54. The number of halogens is 1. The van der Waals surface area contributed by atoms with Gasteiger partial charge in [-0.1, -0.05) is 11.6 Å². The number of H-pyrrole nitrogens is 1. The summed E-state index contributed by atoms with van der Waals surface area (Å²) in [6, 6.07) is 7.31. The van der Waals surface area contributed by atoms with E-state index in [2.05, 4.69) is 9.97 Å². The van der Waals surface area contributed by atoms with E-state index in [9.17, 15) is 4.79 Å². The summed E-state index contributed by atoms with van der Waals surface area (Å²) >= 11 is 9.09. The van der Waals surface area contributed by atoms with Crippen LogP contribution in [0.15, 0.2) is 29.1 Å². The summed E-state index contributed by atoms with van der Waals surface area (Å²) < 4.78 is 5.64. The molecule has 0 spiro atoms. The van der Waals surface area contributed by atoms with E-state index in [4.69, 9.17) is 16.3 Å². The van der Waals surface area contributed by atoms with Gasteiger partial charge >= 0.3 is 0 Å². The fraction of sp³-hybridized carbons (Fsp3) is 0.294. The second-order valence-electron chi connectivity index (χ2n) is 5.33. The third-order valence-corrected chi connectivity index (χ3v) is 5.92. The van der Waals surface area contributed by atoms with Gasteiger partial charge in [0, 0.05) is 15.7 Å². The number of hydrogen-bond acceptors (Lipinski definition) is 5. The van der Waals surface area contributed by atoms with Gasteiger partial charge in [0.05, 0.1) is 17.7 Å². The molecule has 0 saturated heterocycles. The minimum atomic E-state index is -0.0464. The Morgan fingerprint density at radius 3 is 2.79 bits per heavy atom. The third kappa shape index (κ3) is 3.94. The normalized spacial score (nSPS) is 11.1. The van der Waals surface area contributed by atoms with E-state index < -0.39 is 0 Å². The number of fused-ring (bicyclic) bond motifs is 1. The molecule has 1 aromatic carbocycles. The number of nitrogens with zero attached hydrogens (tertiary/aromatic N) is 1. The van der Waals surface area contributed by atoms with Crippen molar-refractivity contribution >= 4 is 44.9 Å². The Hall–Kier alpha value is -1.50. The average molecular weight is 381 g/mol. The smallest absolute Gasteiger partial charge is 0.259 e. The molecule has 2 aromatic heterocycles. The van der Waals surface area contributed by atoms with E-state index in [1.54, 1.807) is 35.2 Å². The first-order valence-corrected chi connectivity index (χ1v) is 9.84. The van der Waals surface area contributed by atoms with Crippen LogP contribution in [-0.4, -0.2) is 22.3 Å². The molecular weight excluding hydrogens is 364 g/mol. The van der Waals surface area contributed by atoms with Crippen LogP contribution in [0.1, 0.15) is 16.3 Å². The summed E-state index contributed by atoms with van der Waals surface area (Å²) in [5.74, 6) is 2.99. The van der Waals surface area contributed by atoms with Crippen LogP contribution in [0.4, 0.5) is 0 Å². The van der Waals surface area contributed by atoms with Gasteiger partial charge in [-0.3, -0.25) is 4.79 Å². The molecule has 24 heavy (non-hydrogen) atoms. The van der Waals surface area contributed by atoms with Crippen LogP contribution >= 0.6 is 34.7 Å². The molecule has 0 fully saturated rings. The molecule has 0 atom stereocenters. The molecule has 0 aliphatic carbocycles. The van der Waals surface area contributed by atoms with Gasteiger partial charge < -0.3 is 9.72 Å². The number of thioether (sulfide) groups is 1. The molecule has 3 aromatic rings. The topological polar surface area (TPSA) is 55.0 Å². The van der Waals surface area contributed by atoms with Crippen LogP contribution in [0.3, 0.4) is 0 Å². The lowest BCUT2D eigenvalue weighted by Gasteiger charge is -2.06. The summed E-state index contributed by atoms with van der Waals surface area (Å²) in [6.45, 7) is 4.58. The first kappa shape index (κ1) is 17.3. The van der Waals surface area contributed by atoms with Gasteiger partial charge in [-0.2, -0.15) is 11.8 Å². The summed E-state index contributed by atoms with van der Waals surface area (Å²) in [4.78, 5) is 21.6. The van der Waals surface area contributed by atoms with Gasteiger partial charge in [0.2, 0.25) is 0 Å². The highest BCUT2D eigenvalue weighted by Gasteiger charge is 2.11. The number of nitrogens with one attached hydrogen (secondary N) is 1. The first-order chi connectivity index (χ1) is 11.5. The fourth-order valence-electron chi connectivity index (χ4n) is 2.29. The monoisotopic (exact) mass is 380 g/mol. The zero-order chi connectivity index (χ0) is 17.1. The Kier molecular flexibility index (Phi) is 5.48. The molecule has 3 rings (SSSR count).